The summed E-state index contributed by atoms with van der Waals surface area (Å²) in [6, 6.07) is 0.134. The largest absolute Gasteiger partial charge is 0.481 e. The fraction of sp³-hybridized carbons (Fsp3) is 0.818. The second-order valence-corrected chi connectivity index (χ2v) is 4.51. The third-order valence-electron chi connectivity index (χ3n) is 2.45. The molecule has 0 aromatic carbocycles. The summed E-state index contributed by atoms with van der Waals surface area (Å²) in [7, 11) is 0. The van der Waals surface area contributed by atoms with Gasteiger partial charge in [-0.3, -0.25) is 9.59 Å². The van der Waals surface area contributed by atoms with Crippen LogP contribution in [-0.2, 0) is 9.59 Å². The second-order valence-electron chi connectivity index (χ2n) is 4.51. The minimum atomic E-state index is -0.854. The Morgan fingerprint density at radius 1 is 1.13 bits per heavy atom. The Kier molecular flexibility index (Phi) is 5.97. The van der Waals surface area contributed by atoms with Crippen LogP contribution in [0.1, 0.15) is 40.5 Å². The van der Waals surface area contributed by atoms with E-state index < -0.39 is 5.97 Å². The molecule has 0 bridgehead atoms. The molecular formula is C11H21NO3. The smallest absolute Gasteiger partial charge is 0.303 e. The van der Waals surface area contributed by atoms with E-state index in [1.807, 2.05) is 20.8 Å². The van der Waals surface area contributed by atoms with Crippen LogP contribution in [0.2, 0.25) is 0 Å². The lowest BCUT2D eigenvalue weighted by molar-refractivity contribution is -0.138. The Morgan fingerprint density at radius 3 is 2.07 bits per heavy atom. The molecule has 0 fully saturated rings. The van der Waals surface area contributed by atoms with Crippen LogP contribution in [0.15, 0.2) is 0 Å². The van der Waals surface area contributed by atoms with E-state index >= 15 is 0 Å². The van der Waals surface area contributed by atoms with Gasteiger partial charge in [-0.1, -0.05) is 20.8 Å². The predicted molar refractivity (Wildman–Crippen MR) is 58.5 cm³/mol. The Morgan fingerprint density at radius 2 is 1.67 bits per heavy atom. The summed E-state index contributed by atoms with van der Waals surface area (Å²) in [5.41, 5.74) is 0. The molecule has 0 aliphatic carbocycles. The highest BCUT2D eigenvalue weighted by Crippen LogP contribution is 2.08. The van der Waals surface area contributed by atoms with Gasteiger partial charge in [0, 0.05) is 18.9 Å². The molecular weight excluding hydrogens is 194 g/mol. The zero-order valence-corrected chi connectivity index (χ0v) is 9.91. The topological polar surface area (TPSA) is 66.4 Å². The van der Waals surface area contributed by atoms with Crippen molar-refractivity contribution in [1.82, 2.24) is 5.32 Å². The van der Waals surface area contributed by atoms with Crippen molar-refractivity contribution in [2.75, 3.05) is 0 Å². The SMILES string of the molecule is CC(CC(=O)O)CC(=O)NC(C)C(C)C. The Bertz CT molecular complexity index is 226. The maximum absolute atomic E-state index is 11.4. The first kappa shape index (κ1) is 13.9. The number of amides is 1. The molecule has 0 aliphatic rings. The van der Waals surface area contributed by atoms with E-state index in [4.69, 9.17) is 5.11 Å². The number of carboxylic acid groups (broad SMARTS) is 1. The van der Waals surface area contributed by atoms with Crippen molar-refractivity contribution >= 4 is 11.9 Å². The van der Waals surface area contributed by atoms with E-state index in [-0.39, 0.29) is 30.7 Å². The van der Waals surface area contributed by atoms with E-state index in [0.717, 1.165) is 0 Å². The van der Waals surface area contributed by atoms with E-state index in [2.05, 4.69) is 5.32 Å². The average molecular weight is 215 g/mol. The highest BCUT2D eigenvalue weighted by atomic mass is 16.4. The van der Waals surface area contributed by atoms with E-state index in [9.17, 15) is 9.59 Å². The lowest BCUT2D eigenvalue weighted by Gasteiger charge is -2.18. The molecule has 0 radical (unpaired) electrons. The number of nitrogens with one attached hydrogen (secondary N) is 1. The Balaban J connectivity index is 3.88. The van der Waals surface area contributed by atoms with Gasteiger partial charge in [-0.25, -0.2) is 0 Å². The molecule has 0 aliphatic heterocycles. The standard InChI is InChI=1S/C11H21NO3/c1-7(2)9(4)12-10(13)5-8(3)6-11(14)15/h7-9H,5-6H2,1-4H3,(H,12,13)(H,14,15). The molecule has 0 aromatic heterocycles. The summed E-state index contributed by atoms with van der Waals surface area (Å²) in [6.45, 7) is 7.79. The summed E-state index contributed by atoms with van der Waals surface area (Å²) < 4.78 is 0. The molecule has 0 heterocycles. The summed E-state index contributed by atoms with van der Waals surface area (Å²) in [4.78, 5) is 21.8. The van der Waals surface area contributed by atoms with E-state index in [1.165, 1.54) is 0 Å². The van der Waals surface area contributed by atoms with Crippen molar-refractivity contribution in [1.29, 1.82) is 0 Å². The predicted octanol–water partition coefficient (Wildman–Crippen LogP) is 1.65. The number of carboxylic acids is 1. The van der Waals surface area contributed by atoms with Crippen molar-refractivity contribution in [2.24, 2.45) is 11.8 Å². The van der Waals surface area contributed by atoms with Gasteiger partial charge in [0.25, 0.3) is 0 Å². The molecule has 0 rings (SSSR count). The first-order valence-corrected chi connectivity index (χ1v) is 5.34. The Labute approximate surface area is 91.1 Å². The van der Waals surface area contributed by atoms with Crippen LogP contribution in [0.25, 0.3) is 0 Å². The molecule has 1 amide bonds. The molecule has 2 N–H and O–H groups in total. The molecule has 15 heavy (non-hydrogen) atoms. The lowest BCUT2D eigenvalue weighted by atomic mass is 10.0. The summed E-state index contributed by atoms with van der Waals surface area (Å²) >= 11 is 0. The van der Waals surface area contributed by atoms with Gasteiger partial charge in [-0.05, 0) is 18.8 Å². The fourth-order valence-corrected chi connectivity index (χ4v) is 1.17. The maximum Gasteiger partial charge on any atom is 0.303 e. The molecule has 0 spiro atoms. The third kappa shape index (κ3) is 6.94. The summed E-state index contributed by atoms with van der Waals surface area (Å²) in [5.74, 6) is -0.636. The first-order valence-electron chi connectivity index (χ1n) is 5.34. The van der Waals surface area contributed by atoms with Crippen LogP contribution < -0.4 is 5.32 Å². The van der Waals surface area contributed by atoms with Crippen LogP contribution in [0.4, 0.5) is 0 Å². The van der Waals surface area contributed by atoms with Gasteiger partial charge < -0.3 is 10.4 Å². The van der Waals surface area contributed by atoms with Gasteiger partial charge in [0.05, 0.1) is 0 Å². The zero-order valence-electron chi connectivity index (χ0n) is 9.91. The van der Waals surface area contributed by atoms with Gasteiger partial charge in [0.2, 0.25) is 5.91 Å². The van der Waals surface area contributed by atoms with Gasteiger partial charge in [0.1, 0.15) is 0 Å². The molecule has 4 heteroatoms. The molecule has 2 unspecified atom stereocenters. The van der Waals surface area contributed by atoms with E-state index in [1.54, 1.807) is 6.92 Å². The quantitative estimate of drug-likeness (QED) is 0.708. The molecule has 2 atom stereocenters. The third-order valence-corrected chi connectivity index (χ3v) is 2.45. The number of hydrogen-bond acceptors (Lipinski definition) is 2. The van der Waals surface area contributed by atoms with Gasteiger partial charge in [-0.2, -0.15) is 0 Å². The summed E-state index contributed by atoms with van der Waals surface area (Å²) in [5, 5.41) is 11.4. The van der Waals surface area contributed by atoms with Crippen molar-refractivity contribution < 1.29 is 14.7 Å². The normalized spacial score (nSPS) is 14.7. The van der Waals surface area contributed by atoms with E-state index in [0.29, 0.717) is 5.92 Å². The molecule has 0 saturated carbocycles. The average Bonchev–Trinajstić information content (AvgIpc) is 2.00. The van der Waals surface area contributed by atoms with Crippen molar-refractivity contribution in [3.05, 3.63) is 0 Å². The van der Waals surface area contributed by atoms with Crippen molar-refractivity contribution in [2.45, 2.75) is 46.6 Å². The highest BCUT2D eigenvalue weighted by molar-refractivity contribution is 5.77. The highest BCUT2D eigenvalue weighted by Gasteiger charge is 2.15. The van der Waals surface area contributed by atoms with Gasteiger partial charge >= 0.3 is 5.97 Å². The molecule has 4 nitrogen and oxygen atoms in total. The van der Waals surface area contributed by atoms with Gasteiger partial charge in [0.15, 0.2) is 0 Å². The maximum atomic E-state index is 11.4. The number of rotatable bonds is 6. The van der Waals surface area contributed by atoms with Crippen LogP contribution >= 0.6 is 0 Å². The van der Waals surface area contributed by atoms with Crippen LogP contribution in [0.3, 0.4) is 0 Å². The van der Waals surface area contributed by atoms with Crippen LogP contribution in [-0.4, -0.2) is 23.0 Å². The molecule has 88 valence electrons. The van der Waals surface area contributed by atoms with Crippen molar-refractivity contribution in [3.8, 4) is 0 Å². The number of aliphatic carboxylic acids is 1. The van der Waals surface area contributed by atoms with Crippen LogP contribution in [0.5, 0.6) is 0 Å². The lowest BCUT2D eigenvalue weighted by Crippen LogP contribution is -2.36. The monoisotopic (exact) mass is 215 g/mol. The zero-order chi connectivity index (χ0) is 12.0. The van der Waals surface area contributed by atoms with Crippen molar-refractivity contribution in [3.63, 3.8) is 0 Å². The first-order chi connectivity index (χ1) is 6.82. The fourth-order valence-electron chi connectivity index (χ4n) is 1.17. The number of hydrogen-bond donors (Lipinski definition) is 2. The van der Waals surface area contributed by atoms with Gasteiger partial charge in [-0.15, -0.1) is 0 Å². The number of carbonyl (C=O) groups is 2. The summed E-state index contributed by atoms with van der Waals surface area (Å²) in [6.07, 6.45) is 0.326. The van der Waals surface area contributed by atoms with Crippen LogP contribution in [0, 0.1) is 11.8 Å². The Hall–Kier alpha value is -1.06. The minimum Gasteiger partial charge on any atom is -0.481 e. The minimum absolute atomic E-state index is 0.0451. The molecule has 0 aromatic rings. The second kappa shape index (κ2) is 6.43. The molecule has 0 saturated heterocycles. The number of carbonyl (C=O) groups excluding carboxylic acids is 1.